The molecule has 0 saturated carbocycles. The predicted octanol–water partition coefficient (Wildman–Crippen LogP) is -2.33. The highest BCUT2D eigenvalue weighted by molar-refractivity contribution is 6.50. The summed E-state index contributed by atoms with van der Waals surface area (Å²) in [5, 5.41) is 0. The molecule has 0 fully saturated rings. The lowest BCUT2D eigenvalue weighted by molar-refractivity contribution is -0.181. The second kappa shape index (κ2) is 4.11. The molecule has 0 atom stereocenters. The summed E-state index contributed by atoms with van der Waals surface area (Å²) in [5.74, 6) is 0. The lowest BCUT2D eigenvalue weighted by atomic mass is 10.9. The topological polar surface area (TPSA) is 68.2 Å². The van der Waals surface area contributed by atoms with Crippen molar-refractivity contribution in [2.45, 2.75) is 6.92 Å². The molecule has 0 bridgehead atoms. The Bertz CT molecular complexity index is 67.4. The summed E-state index contributed by atoms with van der Waals surface area (Å²) < 4.78 is 12.6. The fourth-order valence-electron chi connectivity index (χ4n) is 0.321. The van der Waals surface area contributed by atoms with Crippen molar-refractivity contribution in [3.8, 4) is 0 Å². The molecule has 0 heterocycles. The summed E-state index contributed by atoms with van der Waals surface area (Å²) in [5.41, 5.74) is 0. The van der Waals surface area contributed by atoms with Crippen molar-refractivity contribution in [3.63, 3.8) is 0 Å². The monoisotopic (exact) mass is 170 g/mol. The fraction of sp³-hybridized carbons (Fsp3) is 1.00. The third-order valence-corrected chi connectivity index (χ3v) is 2.07. The van der Waals surface area contributed by atoms with Gasteiger partial charge < -0.3 is 18.6 Å². The standard InChI is InChI=1S/C2H10O5Si2/c1-2-5-9(3,4)7-6-8/h3-4H,2H2,1,8H3. The predicted molar refractivity (Wildman–Crippen MR) is 33.9 cm³/mol. The van der Waals surface area contributed by atoms with Crippen LogP contribution in [0.5, 0.6) is 0 Å². The van der Waals surface area contributed by atoms with Crippen molar-refractivity contribution in [2.24, 2.45) is 0 Å². The molecular weight excluding hydrogens is 160 g/mol. The van der Waals surface area contributed by atoms with Crippen LogP contribution in [0, 0.1) is 0 Å². The molecule has 0 unspecified atom stereocenters. The minimum Gasteiger partial charge on any atom is -0.366 e. The number of hydrogen-bond acceptors (Lipinski definition) is 5. The van der Waals surface area contributed by atoms with Crippen LogP contribution in [-0.2, 0) is 13.6 Å². The lowest BCUT2D eigenvalue weighted by Crippen LogP contribution is -2.42. The Hall–Kier alpha value is 0.234. The van der Waals surface area contributed by atoms with Gasteiger partial charge in [-0.1, -0.05) is 0 Å². The van der Waals surface area contributed by atoms with E-state index in [9.17, 15) is 0 Å². The Morgan fingerprint density at radius 3 is 2.44 bits per heavy atom. The van der Waals surface area contributed by atoms with Gasteiger partial charge in [-0.05, 0) is 6.92 Å². The summed E-state index contributed by atoms with van der Waals surface area (Å²) in [4.78, 5) is 17.3. The van der Waals surface area contributed by atoms with Gasteiger partial charge in [0.15, 0.2) is 10.5 Å². The summed E-state index contributed by atoms with van der Waals surface area (Å²) in [6.07, 6.45) is 0. The minimum absolute atomic E-state index is 0.199. The van der Waals surface area contributed by atoms with Crippen molar-refractivity contribution < 1.29 is 23.2 Å². The minimum atomic E-state index is -3.89. The largest absolute Gasteiger partial charge is 0.701 e. The Balaban J connectivity index is 3.43. The van der Waals surface area contributed by atoms with Gasteiger partial charge in [0.2, 0.25) is 0 Å². The molecule has 0 aromatic carbocycles. The van der Waals surface area contributed by atoms with Gasteiger partial charge in [0, 0.05) is 6.61 Å². The molecule has 0 aliphatic heterocycles. The number of rotatable bonds is 4. The van der Waals surface area contributed by atoms with Crippen molar-refractivity contribution in [3.05, 3.63) is 0 Å². The lowest BCUT2D eigenvalue weighted by Gasteiger charge is -2.12. The van der Waals surface area contributed by atoms with E-state index in [1.54, 1.807) is 6.92 Å². The van der Waals surface area contributed by atoms with Crippen LogP contribution in [-0.4, -0.2) is 35.7 Å². The van der Waals surface area contributed by atoms with Crippen LogP contribution in [0.2, 0.25) is 0 Å². The highest BCUT2D eigenvalue weighted by atomic mass is 28.4. The first kappa shape index (κ1) is 9.23. The van der Waals surface area contributed by atoms with Crippen LogP contribution < -0.4 is 0 Å². The maximum atomic E-state index is 8.66. The molecule has 2 N–H and O–H groups in total. The molecule has 0 aliphatic carbocycles. The Morgan fingerprint density at radius 1 is 1.56 bits per heavy atom. The molecule has 0 saturated heterocycles. The van der Waals surface area contributed by atoms with E-state index in [2.05, 4.69) is 13.6 Å². The molecule has 0 aliphatic rings. The quantitative estimate of drug-likeness (QED) is 0.281. The normalized spacial score (nSPS) is 12.3. The molecule has 7 heteroatoms. The van der Waals surface area contributed by atoms with Crippen LogP contribution in [0.25, 0.3) is 0 Å². The summed E-state index contributed by atoms with van der Waals surface area (Å²) in [6, 6.07) is 0. The van der Waals surface area contributed by atoms with E-state index in [0.717, 1.165) is 0 Å². The maximum Gasteiger partial charge on any atom is 0.701 e. The van der Waals surface area contributed by atoms with Crippen molar-refractivity contribution in [1.29, 1.82) is 0 Å². The average molecular weight is 170 g/mol. The van der Waals surface area contributed by atoms with Crippen LogP contribution in [0.3, 0.4) is 0 Å². The Morgan fingerprint density at radius 2 is 2.11 bits per heavy atom. The first-order chi connectivity index (χ1) is 4.12. The first-order valence-corrected chi connectivity index (χ1v) is 4.95. The molecular formula is C2H10O5Si2. The summed E-state index contributed by atoms with van der Waals surface area (Å²) in [7, 11) is -3.60. The zero-order valence-electron chi connectivity index (χ0n) is 5.33. The van der Waals surface area contributed by atoms with Crippen LogP contribution >= 0.6 is 0 Å². The zero-order chi connectivity index (χ0) is 7.33. The van der Waals surface area contributed by atoms with E-state index in [4.69, 9.17) is 9.59 Å². The highest BCUT2D eigenvalue weighted by Crippen LogP contribution is 1.95. The van der Waals surface area contributed by atoms with Crippen molar-refractivity contribution >= 4 is 19.5 Å². The van der Waals surface area contributed by atoms with Gasteiger partial charge in [0.25, 0.3) is 0 Å². The van der Waals surface area contributed by atoms with Gasteiger partial charge in [-0.2, -0.15) is 0 Å². The Labute approximate surface area is 57.1 Å². The van der Waals surface area contributed by atoms with Crippen LogP contribution in [0.1, 0.15) is 6.92 Å². The molecule has 5 nitrogen and oxygen atoms in total. The van der Waals surface area contributed by atoms with Gasteiger partial charge in [-0.15, -0.1) is 0 Å². The summed E-state index contributed by atoms with van der Waals surface area (Å²) >= 11 is 0. The SMILES string of the molecule is CCO[Si](O)(O)OO[SiH3]. The van der Waals surface area contributed by atoms with Crippen LogP contribution in [0.15, 0.2) is 0 Å². The van der Waals surface area contributed by atoms with E-state index in [-0.39, 0.29) is 17.1 Å². The van der Waals surface area contributed by atoms with Gasteiger partial charge in [0.05, 0.1) is 0 Å². The molecule has 0 aromatic rings. The Kier molecular flexibility index (Phi) is 4.22. The van der Waals surface area contributed by atoms with Gasteiger partial charge >= 0.3 is 9.05 Å². The molecule has 0 rings (SSSR count). The third-order valence-electron chi connectivity index (χ3n) is 0.524. The van der Waals surface area contributed by atoms with E-state index in [1.807, 2.05) is 0 Å². The fourth-order valence-corrected chi connectivity index (χ4v) is 1.61. The average Bonchev–Trinajstić information content (AvgIpc) is 1.64. The van der Waals surface area contributed by atoms with E-state index < -0.39 is 9.05 Å². The molecule has 0 spiro atoms. The van der Waals surface area contributed by atoms with Gasteiger partial charge in [0.1, 0.15) is 0 Å². The van der Waals surface area contributed by atoms with Crippen molar-refractivity contribution in [1.82, 2.24) is 0 Å². The van der Waals surface area contributed by atoms with Gasteiger partial charge in [-0.3, -0.25) is 0 Å². The molecule has 0 aromatic heterocycles. The third kappa shape index (κ3) is 4.72. The zero-order valence-corrected chi connectivity index (χ0v) is 8.33. The van der Waals surface area contributed by atoms with Crippen molar-refractivity contribution in [2.75, 3.05) is 6.61 Å². The molecule has 56 valence electrons. The highest BCUT2D eigenvalue weighted by Gasteiger charge is 2.37. The van der Waals surface area contributed by atoms with Gasteiger partial charge in [-0.25, -0.2) is 4.58 Å². The van der Waals surface area contributed by atoms with Crippen LogP contribution in [0.4, 0.5) is 0 Å². The maximum absolute atomic E-state index is 8.66. The second-order valence-electron chi connectivity index (χ2n) is 1.23. The van der Waals surface area contributed by atoms with E-state index in [0.29, 0.717) is 0 Å². The summed E-state index contributed by atoms with van der Waals surface area (Å²) in [6.45, 7) is 1.83. The molecule has 0 radical (unpaired) electrons. The van der Waals surface area contributed by atoms with E-state index >= 15 is 0 Å². The molecule has 0 amide bonds. The number of hydrogen-bond donors (Lipinski definition) is 2. The smallest absolute Gasteiger partial charge is 0.366 e. The first-order valence-electron chi connectivity index (χ1n) is 2.43. The second-order valence-corrected chi connectivity index (χ2v) is 3.12. The van der Waals surface area contributed by atoms with E-state index in [1.165, 1.54) is 0 Å². The molecule has 9 heavy (non-hydrogen) atoms.